The summed E-state index contributed by atoms with van der Waals surface area (Å²) < 4.78 is 39.8. The number of halogens is 3. The van der Waals surface area contributed by atoms with Gasteiger partial charge in [0.05, 0.1) is 17.0 Å². The van der Waals surface area contributed by atoms with E-state index >= 15 is 0 Å². The van der Waals surface area contributed by atoms with Crippen LogP contribution in [0.15, 0.2) is 53.5 Å². The average molecular weight is 569 g/mol. The van der Waals surface area contributed by atoms with Gasteiger partial charge in [-0.05, 0) is 43.9 Å². The maximum Gasteiger partial charge on any atom is 0.416 e. The van der Waals surface area contributed by atoms with Gasteiger partial charge in [0.25, 0.3) is 5.91 Å². The van der Waals surface area contributed by atoms with Crippen molar-refractivity contribution in [2.75, 3.05) is 19.0 Å². The molecule has 2 saturated carbocycles. The summed E-state index contributed by atoms with van der Waals surface area (Å²) in [6, 6.07) is 11.6. The molecule has 5 rings (SSSR count). The van der Waals surface area contributed by atoms with E-state index < -0.39 is 29.4 Å². The molecule has 1 aliphatic heterocycles. The predicted molar refractivity (Wildman–Crippen MR) is 149 cm³/mol. The number of alkyl halides is 3. The van der Waals surface area contributed by atoms with Crippen LogP contribution in [0.5, 0.6) is 0 Å². The Balaban J connectivity index is 1.51. The van der Waals surface area contributed by atoms with Crippen LogP contribution < -0.4 is 10.2 Å². The highest BCUT2D eigenvalue weighted by Crippen LogP contribution is 2.36. The predicted octanol–water partition coefficient (Wildman–Crippen LogP) is 5.31. The zero-order valence-electron chi connectivity index (χ0n) is 23.3. The number of para-hydroxylation sites is 1. The molecule has 0 spiro atoms. The average Bonchev–Trinajstić information content (AvgIpc) is 3.42. The minimum Gasteiger partial charge on any atom is -0.341 e. The number of hydrogen-bond donors (Lipinski definition) is 1. The molecule has 2 aromatic rings. The number of amides is 3. The van der Waals surface area contributed by atoms with Crippen molar-refractivity contribution < 1.29 is 27.6 Å². The monoisotopic (exact) mass is 568 g/mol. The summed E-state index contributed by atoms with van der Waals surface area (Å²) in [6.45, 7) is 0. The standard InChI is InChI=1S/C31H35F3N4O3/c1-37-24-13-7-6-12-23(24)25(20-14-16-22(17-15-20)31(32,33)34)35-26(28(37)40)38(2)29(41)30(18-8-9-19-30)36-27(39)21-10-4-3-5-11-21/h6-7,12-17,21,26H,3-5,8-11,18-19H2,1-2H3,(H,36,39). The van der Waals surface area contributed by atoms with Gasteiger partial charge < -0.3 is 15.1 Å². The topological polar surface area (TPSA) is 82.1 Å². The molecular weight excluding hydrogens is 533 g/mol. The molecule has 0 radical (unpaired) electrons. The lowest BCUT2D eigenvalue weighted by Gasteiger charge is -2.37. The maximum atomic E-state index is 14.2. The Morgan fingerprint density at radius 1 is 0.976 bits per heavy atom. The van der Waals surface area contributed by atoms with Crippen LogP contribution >= 0.6 is 0 Å². The summed E-state index contributed by atoms with van der Waals surface area (Å²) in [5.41, 5.74) is -0.124. The number of carbonyl (C=O) groups is 3. The number of aliphatic imine (C=N–C) groups is 1. The second-order valence-electron chi connectivity index (χ2n) is 11.4. The van der Waals surface area contributed by atoms with Gasteiger partial charge in [-0.25, -0.2) is 4.99 Å². The van der Waals surface area contributed by atoms with Gasteiger partial charge in [-0.1, -0.05) is 62.4 Å². The van der Waals surface area contributed by atoms with Gasteiger partial charge in [0.1, 0.15) is 5.54 Å². The maximum absolute atomic E-state index is 14.2. The molecule has 3 amide bonds. The lowest BCUT2D eigenvalue weighted by molar-refractivity contribution is -0.146. The van der Waals surface area contributed by atoms with Crippen molar-refractivity contribution in [2.45, 2.75) is 75.7 Å². The van der Waals surface area contributed by atoms with Crippen molar-refractivity contribution >= 4 is 29.1 Å². The van der Waals surface area contributed by atoms with Crippen LogP contribution in [0.25, 0.3) is 0 Å². The number of hydrogen-bond acceptors (Lipinski definition) is 4. The molecule has 0 aromatic heterocycles. The van der Waals surface area contributed by atoms with Crippen LogP contribution in [0.4, 0.5) is 18.9 Å². The Hall–Kier alpha value is -3.69. The number of anilines is 1. The molecule has 0 saturated heterocycles. The van der Waals surface area contributed by atoms with Crippen molar-refractivity contribution in [1.29, 1.82) is 0 Å². The van der Waals surface area contributed by atoms with E-state index in [0.717, 1.165) is 57.1 Å². The van der Waals surface area contributed by atoms with E-state index in [4.69, 9.17) is 4.99 Å². The second kappa shape index (κ2) is 11.3. The number of carbonyl (C=O) groups excluding carboxylic acids is 3. The minimum atomic E-state index is -4.50. The lowest BCUT2D eigenvalue weighted by atomic mass is 9.87. The molecule has 1 heterocycles. The third kappa shape index (κ3) is 5.61. The molecule has 2 aliphatic carbocycles. The summed E-state index contributed by atoms with van der Waals surface area (Å²) in [5, 5.41) is 3.09. The van der Waals surface area contributed by atoms with Gasteiger partial charge in [-0.15, -0.1) is 0 Å². The van der Waals surface area contributed by atoms with E-state index in [-0.39, 0.29) is 17.7 Å². The summed E-state index contributed by atoms with van der Waals surface area (Å²) in [6.07, 6.45) is 1.41. The van der Waals surface area contributed by atoms with Gasteiger partial charge >= 0.3 is 6.18 Å². The highest BCUT2D eigenvalue weighted by molar-refractivity contribution is 6.20. The van der Waals surface area contributed by atoms with E-state index in [1.807, 2.05) is 0 Å². The first-order valence-corrected chi connectivity index (χ1v) is 14.2. The molecule has 218 valence electrons. The Kier molecular flexibility index (Phi) is 7.94. The van der Waals surface area contributed by atoms with Crippen molar-refractivity contribution in [3.63, 3.8) is 0 Å². The number of nitrogens with one attached hydrogen (secondary N) is 1. The number of rotatable bonds is 5. The molecule has 1 atom stereocenters. The molecule has 1 N–H and O–H groups in total. The summed E-state index contributed by atoms with van der Waals surface area (Å²) in [7, 11) is 3.10. The normalized spacial score (nSPS) is 21.1. The number of benzodiazepines with no additional fused rings is 1. The fraction of sp³-hybridized carbons (Fsp3) is 0.484. The third-order valence-electron chi connectivity index (χ3n) is 8.70. The van der Waals surface area contributed by atoms with Crippen LogP contribution in [0, 0.1) is 5.92 Å². The first-order valence-electron chi connectivity index (χ1n) is 14.2. The lowest BCUT2D eigenvalue weighted by Crippen LogP contribution is -2.61. The van der Waals surface area contributed by atoms with E-state index in [0.29, 0.717) is 35.4 Å². The van der Waals surface area contributed by atoms with Gasteiger partial charge in [-0.3, -0.25) is 14.4 Å². The molecule has 7 nitrogen and oxygen atoms in total. The zero-order chi connectivity index (χ0) is 29.4. The molecule has 0 bridgehead atoms. The number of likely N-dealkylation sites (N-methyl/N-ethyl adjacent to an activating group) is 2. The smallest absolute Gasteiger partial charge is 0.341 e. The Morgan fingerprint density at radius 3 is 2.24 bits per heavy atom. The largest absolute Gasteiger partial charge is 0.416 e. The Bertz CT molecular complexity index is 1340. The van der Waals surface area contributed by atoms with Crippen LogP contribution in [-0.2, 0) is 20.6 Å². The molecule has 2 fully saturated rings. The van der Waals surface area contributed by atoms with Gasteiger partial charge in [0.15, 0.2) is 0 Å². The molecule has 2 aromatic carbocycles. The van der Waals surface area contributed by atoms with Crippen molar-refractivity contribution in [1.82, 2.24) is 10.2 Å². The first kappa shape index (κ1) is 28.8. The van der Waals surface area contributed by atoms with Crippen LogP contribution in [0.1, 0.15) is 74.5 Å². The van der Waals surface area contributed by atoms with Crippen molar-refractivity contribution in [3.8, 4) is 0 Å². The fourth-order valence-electron chi connectivity index (χ4n) is 6.33. The third-order valence-corrected chi connectivity index (χ3v) is 8.70. The second-order valence-corrected chi connectivity index (χ2v) is 11.4. The number of fused-ring (bicyclic) bond motifs is 1. The summed E-state index contributed by atoms with van der Waals surface area (Å²) >= 11 is 0. The van der Waals surface area contributed by atoms with Gasteiger partial charge in [-0.2, -0.15) is 13.2 Å². The van der Waals surface area contributed by atoms with Crippen LogP contribution in [-0.4, -0.2) is 54.1 Å². The molecule has 41 heavy (non-hydrogen) atoms. The Morgan fingerprint density at radius 2 is 1.61 bits per heavy atom. The first-order chi connectivity index (χ1) is 19.5. The van der Waals surface area contributed by atoms with E-state index in [2.05, 4.69) is 5.32 Å². The van der Waals surface area contributed by atoms with Crippen molar-refractivity contribution in [3.05, 3.63) is 65.2 Å². The molecular formula is C31H35F3N4O3. The zero-order valence-corrected chi connectivity index (χ0v) is 23.3. The molecule has 1 unspecified atom stereocenters. The van der Waals surface area contributed by atoms with Gasteiger partial charge in [0, 0.05) is 31.1 Å². The highest BCUT2D eigenvalue weighted by atomic mass is 19.4. The van der Waals surface area contributed by atoms with Crippen molar-refractivity contribution in [2.24, 2.45) is 10.9 Å². The summed E-state index contributed by atoms with van der Waals surface area (Å²) in [5.74, 6) is -1.07. The quantitative estimate of drug-likeness (QED) is 0.531. The van der Waals surface area contributed by atoms with E-state index in [9.17, 15) is 27.6 Å². The highest BCUT2D eigenvalue weighted by Gasteiger charge is 2.48. The summed E-state index contributed by atoms with van der Waals surface area (Å²) in [4.78, 5) is 48.7. The molecule has 3 aliphatic rings. The van der Waals surface area contributed by atoms with E-state index in [1.165, 1.54) is 29.0 Å². The van der Waals surface area contributed by atoms with E-state index in [1.54, 1.807) is 31.3 Å². The van der Waals surface area contributed by atoms with Crippen LogP contribution in [0.3, 0.4) is 0 Å². The number of benzene rings is 2. The Labute approximate surface area is 237 Å². The van der Waals surface area contributed by atoms with Crippen LogP contribution in [0.2, 0.25) is 0 Å². The van der Waals surface area contributed by atoms with Gasteiger partial charge in [0.2, 0.25) is 18.0 Å². The minimum absolute atomic E-state index is 0.112. The molecule has 10 heteroatoms. The SMILES string of the molecule is CN1C(=O)C(N(C)C(=O)C2(NC(=O)C3CCCCC3)CCCC2)N=C(c2ccc(C(F)(F)F)cc2)c2ccccc21. The number of nitrogens with zero attached hydrogens (tertiary/aromatic N) is 3. The fourth-order valence-corrected chi connectivity index (χ4v) is 6.33.